The maximum atomic E-state index is 13.3. The normalized spacial score (nSPS) is 13.1. The van der Waals surface area contributed by atoms with E-state index in [-0.39, 0.29) is 12.5 Å². The number of hydrogen-bond donors (Lipinski definition) is 0. The molecule has 0 saturated heterocycles. The minimum Gasteiger partial charge on any atom is -0.486 e. The predicted molar refractivity (Wildman–Crippen MR) is 122 cm³/mol. The first kappa shape index (κ1) is 21.5. The van der Waals surface area contributed by atoms with Gasteiger partial charge in [-0.15, -0.1) is 10.2 Å². The lowest BCUT2D eigenvalue weighted by Gasteiger charge is -2.19. The van der Waals surface area contributed by atoms with Gasteiger partial charge in [-0.2, -0.15) is 0 Å². The van der Waals surface area contributed by atoms with E-state index in [9.17, 15) is 9.59 Å². The molecule has 1 heterocycles. The lowest BCUT2D eigenvalue weighted by Crippen LogP contribution is -2.33. The van der Waals surface area contributed by atoms with Crippen molar-refractivity contribution in [3.8, 4) is 16.3 Å². The fourth-order valence-electron chi connectivity index (χ4n) is 3.45. The highest BCUT2D eigenvalue weighted by Gasteiger charge is 2.31. The molecule has 4 rings (SSSR count). The third-order valence-corrected chi connectivity index (χ3v) is 6.46. The first-order valence-electron chi connectivity index (χ1n) is 10.1. The van der Waals surface area contributed by atoms with E-state index in [0.29, 0.717) is 33.9 Å². The Kier molecular flexibility index (Phi) is 6.34. The van der Waals surface area contributed by atoms with Crippen molar-refractivity contribution in [2.24, 2.45) is 5.92 Å². The number of aldehydes is 1. The van der Waals surface area contributed by atoms with E-state index in [4.69, 9.17) is 16.3 Å². The monoisotopic (exact) mass is 455 g/mol. The number of carbonyl (C=O) groups is 2. The van der Waals surface area contributed by atoms with Crippen LogP contribution < -0.4 is 9.64 Å². The van der Waals surface area contributed by atoms with Gasteiger partial charge in [0.1, 0.15) is 17.4 Å². The summed E-state index contributed by atoms with van der Waals surface area (Å²) < 4.78 is 5.53. The Bertz CT molecular complexity index is 1100. The third-order valence-electron chi connectivity index (χ3n) is 5.14. The molecule has 3 aromatic rings. The highest BCUT2D eigenvalue weighted by molar-refractivity contribution is 7.18. The van der Waals surface area contributed by atoms with Crippen LogP contribution in [-0.4, -0.2) is 35.5 Å². The highest BCUT2D eigenvalue weighted by Crippen LogP contribution is 2.37. The lowest BCUT2D eigenvalue weighted by molar-refractivity contribution is -0.109. The zero-order chi connectivity index (χ0) is 22.0. The van der Waals surface area contributed by atoms with Crippen LogP contribution in [0.1, 0.15) is 34.3 Å². The molecule has 0 radical (unpaired) electrons. The fraction of sp³-hybridized carbons (Fsp3) is 0.304. The number of ether oxygens (including phenoxy) is 1. The van der Waals surface area contributed by atoms with Gasteiger partial charge in [0.05, 0.1) is 10.6 Å². The SMILES string of the molecule is Cc1cc(-c2nnc(N(CC3CC3)C(=O)c3ccccc3Cl)s2)cc(C)c1OCC=O. The van der Waals surface area contributed by atoms with Gasteiger partial charge in [-0.3, -0.25) is 14.5 Å². The van der Waals surface area contributed by atoms with Crippen LogP contribution in [0.3, 0.4) is 0 Å². The fourth-order valence-corrected chi connectivity index (χ4v) is 4.50. The van der Waals surface area contributed by atoms with Crippen LogP contribution in [0, 0.1) is 19.8 Å². The smallest absolute Gasteiger partial charge is 0.261 e. The average molecular weight is 456 g/mol. The standard InChI is InChI=1S/C23H22ClN3O3S/c1-14-11-17(12-15(2)20(14)30-10-9-28)21-25-26-23(31-21)27(13-16-7-8-16)22(29)18-5-3-4-6-19(18)24/h3-6,9,11-12,16H,7-8,10,13H2,1-2H3. The number of nitrogens with zero attached hydrogens (tertiary/aromatic N) is 3. The molecule has 0 atom stereocenters. The molecule has 6 nitrogen and oxygen atoms in total. The van der Waals surface area contributed by atoms with Gasteiger partial charge in [-0.05, 0) is 68.0 Å². The van der Waals surface area contributed by atoms with Crippen LogP contribution in [0.15, 0.2) is 36.4 Å². The summed E-state index contributed by atoms with van der Waals surface area (Å²) in [7, 11) is 0. The van der Waals surface area contributed by atoms with Crippen molar-refractivity contribution in [1.82, 2.24) is 10.2 Å². The van der Waals surface area contributed by atoms with Crippen LogP contribution >= 0.6 is 22.9 Å². The maximum Gasteiger partial charge on any atom is 0.261 e. The van der Waals surface area contributed by atoms with Gasteiger partial charge in [0.15, 0.2) is 6.29 Å². The van der Waals surface area contributed by atoms with Gasteiger partial charge in [0.2, 0.25) is 5.13 Å². The van der Waals surface area contributed by atoms with Crippen molar-refractivity contribution in [3.63, 3.8) is 0 Å². The minimum atomic E-state index is -0.162. The van der Waals surface area contributed by atoms with Gasteiger partial charge in [0, 0.05) is 12.1 Å². The molecule has 0 bridgehead atoms. The number of hydrogen-bond acceptors (Lipinski definition) is 6. The topological polar surface area (TPSA) is 72.4 Å². The second kappa shape index (κ2) is 9.16. The summed E-state index contributed by atoms with van der Waals surface area (Å²) in [6, 6.07) is 11.0. The van der Waals surface area contributed by atoms with Gasteiger partial charge in [-0.1, -0.05) is 35.1 Å². The number of amides is 1. The van der Waals surface area contributed by atoms with Crippen molar-refractivity contribution >= 4 is 40.3 Å². The summed E-state index contributed by atoms with van der Waals surface area (Å²) in [4.78, 5) is 25.6. The number of rotatable bonds is 8. The Balaban J connectivity index is 1.64. The highest BCUT2D eigenvalue weighted by atomic mass is 35.5. The Hall–Kier alpha value is -2.77. The van der Waals surface area contributed by atoms with Crippen molar-refractivity contribution in [1.29, 1.82) is 0 Å². The zero-order valence-corrected chi connectivity index (χ0v) is 18.9. The van der Waals surface area contributed by atoms with Crippen molar-refractivity contribution in [2.45, 2.75) is 26.7 Å². The number of aromatic nitrogens is 2. The molecule has 8 heteroatoms. The first-order chi connectivity index (χ1) is 15.0. The van der Waals surface area contributed by atoms with E-state index in [1.807, 2.05) is 26.0 Å². The number of halogens is 1. The third kappa shape index (κ3) is 4.78. The molecular formula is C23H22ClN3O3S. The van der Waals surface area contributed by atoms with E-state index in [2.05, 4.69) is 10.2 Å². The van der Waals surface area contributed by atoms with Gasteiger partial charge in [0.25, 0.3) is 5.91 Å². The Morgan fingerprint density at radius 2 is 1.94 bits per heavy atom. The summed E-state index contributed by atoms with van der Waals surface area (Å²) in [5, 5.41) is 10.4. The molecule has 1 amide bonds. The number of benzene rings is 2. The molecule has 1 aromatic heterocycles. The van der Waals surface area contributed by atoms with Crippen LogP contribution in [0.2, 0.25) is 5.02 Å². The molecule has 1 fully saturated rings. The molecule has 0 spiro atoms. The van der Waals surface area contributed by atoms with Crippen molar-refractivity contribution in [2.75, 3.05) is 18.1 Å². The molecule has 1 saturated carbocycles. The summed E-state index contributed by atoms with van der Waals surface area (Å²) in [5.74, 6) is 1.02. The Labute approximate surface area is 189 Å². The van der Waals surface area contributed by atoms with E-state index in [0.717, 1.165) is 40.8 Å². The second-order valence-electron chi connectivity index (χ2n) is 7.65. The van der Waals surface area contributed by atoms with E-state index in [1.165, 1.54) is 11.3 Å². The van der Waals surface area contributed by atoms with Gasteiger partial charge in [-0.25, -0.2) is 0 Å². The van der Waals surface area contributed by atoms with Crippen LogP contribution in [-0.2, 0) is 4.79 Å². The van der Waals surface area contributed by atoms with Gasteiger partial charge >= 0.3 is 0 Å². The molecule has 1 aliphatic rings. The number of aryl methyl sites for hydroxylation is 2. The molecule has 0 unspecified atom stereocenters. The first-order valence-corrected chi connectivity index (χ1v) is 11.3. The quantitative estimate of drug-likeness (QED) is 0.441. The molecule has 0 aliphatic heterocycles. The van der Waals surface area contributed by atoms with E-state index in [1.54, 1.807) is 29.2 Å². The average Bonchev–Trinajstić information content (AvgIpc) is 3.44. The predicted octanol–water partition coefficient (Wildman–Crippen LogP) is 5.11. The van der Waals surface area contributed by atoms with Crippen molar-refractivity contribution in [3.05, 3.63) is 58.1 Å². The molecule has 31 heavy (non-hydrogen) atoms. The minimum absolute atomic E-state index is 0.0181. The molecule has 1 aliphatic carbocycles. The number of carbonyl (C=O) groups excluding carboxylic acids is 2. The maximum absolute atomic E-state index is 13.3. The molecule has 0 N–H and O–H groups in total. The molecular weight excluding hydrogens is 434 g/mol. The van der Waals surface area contributed by atoms with Crippen LogP contribution in [0.4, 0.5) is 5.13 Å². The van der Waals surface area contributed by atoms with E-state index < -0.39 is 0 Å². The van der Waals surface area contributed by atoms with Crippen LogP contribution in [0.25, 0.3) is 10.6 Å². The van der Waals surface area contributed by atoms with Crippen molar-refractivity contribution < 1.29 is 14.3 Å². The second-order valence-corrected chi connectivity index (χ2v) is 9.01. The molecule has 2 aromatic carbocycles. The van der Waals surface area contributed by atoms with Gasteiger partial charge < -0.3 is 4.74 Å². The Morgan fingerprint density at radius 1 is 1.23 bits per heavy atom. The van der Waals surface area contributed by atoms with Crippen LogP contribution in [0.5, 0.6) is 5.75 Å². The molecule has 160 valence electrons. The zero-order valence-electron chi connectivity index (χ0n) is 17.3. The van der Waals surface area contributed by atoms with E-state index >= 15 is 0 Å². The lowest BCUT2D eigenvalue weighted by atomic mass is 10.1. The summed E-state index contributed by atoms with van der Waals surface area (Å²) in [5.41, 5.74) is 3.19. The number of anilines is 1. The summed E-state index contributed by atoms with van der Waals surface area (Å²) in [6.45, 7) is 4.48. The summed E-state index contributed by atoms with van der Waals surface area (Å²) in [6.07, 6.45) is 2.95. The largest absolute Gasteiger partial charge is 0.486 e. The summed E-state index contributed by atoms with van der Waals surface area (Å²) >= 11 is 7.65. The Morgan fingerprint density at radius 3 is 2.58 bits per heavy atom.